The van der Waals surface area contributed by atoms with Crippen LogP contribution in [0.1, 0.15) is 18.1 Å². The highest BCUT2D eigenvalue weighted by Gasteiger charge is 2.15. The molecule has 7 heteroatoms. The zero-order valence-corrected chi connectivity index (χ0v) is 14.8. The second-order valence-electron chi connectivity index (χ2n) is 5.54. The van der Waals surface area contributed by atoms with Crippen molar-refractivity contribution >= 4 is 23.2 Å². The molecule has 6 nitrogen and oxygen atoms in total. The number of ether oxygens (including phenoxy) is 1. The lowest BCUT2D eigenvalue weighted by Gasteiger charge is -2.18. The summed E-state index contributed by atoms with van der Waals surface area (Å²) in [6.07, 6.45) is 0.232. The number of nitro benzene ring substituents is 1. The lowest BCUT2D eigenvalue weighted by Crippen LogP contribution is -2.27. The second-order valence-corrected chi connectivity index (χ2v) is 5.94. The minimum atomic E-state index is -0.485. The van der Waals surface area contributed by atoms with E-state index < -0.39 is 4.92 Å². The Morgan fingerprint density at radius 3 is 2.52 bits per heavy atom. The summed E-state index contributed by atoms with van der Waals surface area (Å²) in [5, 5.41) is 11.3. The Hall–Kier alpha value is -2.60. The smallest absolute Gasteiger partial charge is 0.269 e. The topological polar surface area (TPSA) is 72.7 Å². The quantitative estimate of drug-likeness (QED) is 0.554. The van der Waals surface area contributed by atoms with Crippen LogP contribution in [-0.4, -0.2) is 29.4 Å². The van der Waals surface area contributed by atoms with Gasteiger partial charge in [-0.05, 0) is 36.2 Å². The van der Waals surface area contributed by atoms with Crippen molar-refractivity contribution in [3.05, 3.63) is 68.7 Å². The number of carbonyl (C=O) groups excluding carboxylic acids is 1. The van der Waals surface area contributed by atoms with Crippen molar-refractivity contribution in [1.29, 1.82) is 0 Å². The van der Waals surface area contributed by atoms with Crippen LogP contribution in [0.5, 0.6) is 5.75 Å². The Kier molecular flexibility index (Phi) is 6.36. The number of non-ortho nitro benzene ring substituents is 1. The number of amides is 1. The van der Waals surface area contributed by atoms with Crippen molar-refractivity contribution in [2.75, 3.05) is 13.7 Å². The molecule has 2 rings (SSSR count). The van der Waals surface area contributed by atoms with Crippen molar-refractivity contribution in [1.82, 2.24) is 4.90 Å². The number of nitrogens with zero attached hydrogens (tertiary/aromatic N) is 2. The summed E-state index contributed by atoms with van der Waals surface area (Å²) >= 11 is 6.08. The number of likely N-dealkylation sites (N-methyl/N-ethyl adjacent to an activating group) is 1. The fourth-order valence-corrected chi connectivity index (χ4v) is 2.50. The first-order valence-corrected chi connectivity index (χ1v) is 8.17. The summed E-state index contributed by atoms with van der Waals surface area (Å²) < 4.78 is 5.37. The molecule has 0 spiro atoms. The van der Waals surface area contributed by atoms with E-state index in [1.165, 1.54) is 23.1 Å². The molecule has 0 saturated carbocycles. The molecule has 0 aliphatic heterocycles. The van der Waals surface area contributed by atoms with Crippen LogP contribution < -0.4 is 4.74 Å². The molecule has 2 aromatic rings. The summed E-state index contributed by atoms with van der Waals surface area (Å²) in [6.45, 7) is 2.70. The SMILES string of the molecule is CCOc1ccc(CC(=O)N(C)Cc2cc([N+](=O)[O-])ccc2Cl)cc1. The predicted molar refractivity (Wildman–Crippen MR) is 95.9 cm³/mol. The van der Waals surface area contributed by atoms with Crippen LogP contribution in [0, 0.1) is 10.1 Å². The zero-order chi connectivity index (χ0) is 18.4. The maximum Gasteiger partial charge on any atom is 0.269 e. The molecule has 0 N–H and O–H groups in total. The van der Waals surface area contributed by atoms with Gasteiger partial charge in [0.15, 0.2) is 0 Å². The lowest BCUT2D eigenvalue weighted by atomic mass is 10.1. The van der Waals surface area contributed by atoms with E-state index in [1.807, 2.05) is 31.2 Å². The van der Waals surface area contributed by atoms with Crippen molar-refractivity contribution < 1.29 is 14.5 Å². The van der Waals surface area contributed by atoms with E-state index in [2.05, 4.69) is 0 Å². The first-order chi connectivity index (χ1) is 11.9. The molecular formula is C18H19ClN2O4. The number of rotatable bonds is 7. The van der Waals surface area contributed by atoms with Gasteiger partial charge in [-0.1, -0.05) is 23.7 Å². The molecule has 0 saturated heterocycles. The Balaban J connectivity index is 2.02. The predicted octanol–water partition coefficient (Wildman–Crippen LogP) is 3.85. The van der Waals surface area contributed by atoms with Crippen LogP contribution in [-0.2, 0) is 17.8 Å². The number of nitro groups is 1. The third-order valence-electron chi connectivity index (χ3n) is 3.66. The van der Waals surface area contributed by atoms with Gasteiger partial charge < -0.3 is 9.64 Å². The molecule has 0 fully saturated rings. The van der Waals surface area contributed by atoms with E-state index in [0.29, 0.717) is 17.2 Å². The molecule has 0 aliphatic carbocycles. The summed E-state index contributed by atoms with van der Waals surface area (Å²) in [5.41, 5.74) is 1.36. The van der Waals surface area contributed by atoms with Crippen molar-refractivity contribution in [2.24, 2.45) is 0 Å². The molecule has 0 unspecified atom stereocenters. The average Bonchev–Trinajstić information content (AvgIpc) is 2.58. The first kappa shape index (κ1) is 18.7. The first-order valence-electron chi connectivity index (χ1n) is 7.79. The molecular weight excluding hydrogens is 344 g/mol. The Bertz CT molecular complexity index is 762. The normalized spacial score (nSPS) is 10.4. The molecule has 1 amide bonds. The number of carbonyl (C=O) groups is 1. The third-order valence-corrected chi connectivity index (χ3v) is 4.03. The highest BCUT2D eigenvalue weighted by molar-refractivity contribution is 6.31. The van der Waals surface area contributed by atoms with Crippen LogP contribution in [0.3, 0.4) is 0 Å². The summed E-state index contributed by atoms with van der Waals surface area (Å²) in [6, 6.07) is 11.5. The highest BCUT2D eigenvalue weighted by Crippen LogP contribution is 2.23. The number of hydrogen-bond donors (Lipinski definition) is 0. The van der Waals surface area contributed by atoms with Crippen molar-refractivity contribution in [3.63, 3.8) is 0 Å². The van der Waals surface area contributed by atoms with Crippen LogP contribution in [0.15, 0.2) is 42.5 Å². The Morgan fingerprint density at radius 2 is 1.92 bits per heavy atom. The van der Waals surface area contributed by atoms with Gasteiger partial charge in [0, 0.05) is 30.7 Å². The highest BCUT2D eigenvalue weighted by atomic mass is 35.5. The molecule has 25 heavy (non-hydrogen) atoms. The van der Waals surface area contributed by atoms with Gasteiger partial charge in [-0.25, -0.2) is 0 Å². The maximum atomic E-state index is 12.4. The minimum absolute atomic E-state index is 0.0493. The van der Waals surface area contributed by atoms with Gasteiger partial charge in [-0.3, -0.25) is 14.9 Å². The van der Waals surface area contributed by atoms with Crippen molar-refractivity contribution in [2.45, 2.75) is 19.9 Å². The molecule has 0 heterocycles. The number of benzene rings is 2. The molecule has 0 atom stereocenters. The van der Waals surface area contributed by atoms with Gasteiger partial charge in [0.1, 0.15) is 5.75 Å². The minimum Gasteiger partial charge on any atom is -0.494 e. The molecule has 0 aliphatic rings. The van der Waals surface area contributed by atoms with Crippen LogP contribution in [0.2, 0.25) is 5.02 Å². The van der Waals surface area contributed by atoms with Gasteiger partial charge in [0.25, 0.3) is 5.69 Å². The standard InChI is InChI=1S/C18H19ClN2O4/c1-3-25-16-7-4-13(5-8-16)10-18(22)20(2)12-14-11-15(21(23)24)6-9-17(14)19/h4-9,11H,3,10,12H2,1-2H3. The molecule has 0 aromatic heterocycles. The Morgan fingerprint density at radius 1 is 1.24 bits per heavy atom. The van der Waals surface area contributed by atoms with Gasteiger partial charge in [0.05, 0.1) is 18.0 Å². The third kappa shape index (κ3) is 5.19. The maximum absolute atomic E-state index is 12.4. The largest absolute Gasteiger partial charge is 0.494 e. The summed E-state index contributed by atoms with van der Waals surface area (Å²) in [5.74, 6) is 0.655. The van der Waals surface area contributed by atoms with Gasteiger partial charge >= 0.3 is 0 Å². The number of hydrogen-bond acceptors (Lipinski definition) is 4. The summed E-state index contributed by atoms with van der Waals surface area (Å²) in [4.78, 5) is 24.3. The summed E-state index contributed by atoms with van der Waals surface area (Å²) in [7, 11) is 1.64. The fourth-order valence-electron chi connectivity index (χ4n) is 2.32. The second kappa shape index (κ2) is 8.48. The van der Waals surface area contributed by atoms with Crippen LogP contribution in [0.4, 0.5) is 5.69 Å². The van der Waals surface area contributed by atoms with E-state index in [9.17, 15) is 14.9 Å². The van der Waals surface area contributed by atoms with Crippen LogP contribution in [0.25, 0.3) is 0 Å². The average molecular weight is 363 g/mol. The van der Waals surface area contributed by atoms with Gasteiger partial charge in [-0.15, -0.1) is 0 Å². The van der Waals surface area contributed by atoms with E-state index in [4.69, 9.17) is 16.3 Å². The van der Waals surface area contributed by atoms with Crippen molar-refractivity contribution in [3.8, 4) is 5.75 Å². The van der Waals surface area contributed by atoms with Gasteiger partial charge in [0.2, 0.25) is 5.91 Å². The van der Waals surface area contributed by atoms with Crippen LogP contribution >= 0.6 is 11.6 Å². The molecule has 0 radical (unpaired) electrons. The van der Waals surface area contributed by atoms with E-state index >= 15 is 0 Å². The Labute approximate surface area is 151 Å². The monoisotopic (exact) mass is 362 g/mol. The van der Waals surface area contributed by atoms with E-state index in [-0.39, 0.29) is 24.6 Å². The molecule has 0 bridgehead atoms. The zero-order valence-electron chi connectivity index (χ0n) is 14.1. The molecule has 2 aromatic carbocycles. The van der Waals surface area contributed by atoms with E-state index in [0.717, 1.165) is 11.3 Å². The fraction of sp³-hybridized carbons (Fsp3) is 0.278. The number of halogens is 1. The van der Waals surface area contributed by atoms with E-state index in [1.54, 1.807) is 7.05 Å². The lowest BCUT2D eigenvalue weighted by molar-refractivity contribution is -0.384. The van der Waals surface area contributed by atoms with Gasteiger partial charge in [-0.2, -0.15) is 0 Å². The molecule has 132 valence electrons.